The van der Waals surface area contributed by atoms with Crippen LogP contribution >= 0.6 is 0 Å². The van der Waals surface area contributed by atoms with Crippen molar-refractivity contribution in [1.82, 2.24) is 4.90 Å². The number of amides is 1. The number of hydrogen-bond donors (Lipinski definition) is 1. The van der Waals surface area contributed by atoms with Gasteiger partial charge >= 0.3 is 0 Å². The number of nitrogens with two attached hydrogens (primary N) is 1. The van der Waals surface area contributed by atoms with Gasteiger partial charge < -0.3 is 10.5 Å². The first kappa shape index (κ1) is 11.5. The summed E-state index contributed by atoms with van der Waals surface area (Å²) in [4.78, 5) is 13.2. The van der Waals surface area contributed by atoms with Crippen molar-refractivity contribution >= 4 is 5.91 Å². The predicted octanol–water partition coefficient (Wildman–Crippen LogP) is 0.359. The maximum absolute atomic E-state index is 11.0. The van der Waals surface area contributed by atoms with E-state index in [0.29, 0.717) is 12.1 Å². The Morgan fingerprint density at radius 3 is 2.71 bits per heavy atom. The lowest BCUT2D eigenvalue weighted by atomic mass is 9.98. The SMILES string of the molecule is COC1CCN(C(C)C(N)=O)C(C)C1. The average Bonchev–Trinajstić information content (AvgIpc) is 2.16. The van der Waals surface area contributed by atoms with Gasteiger partial charge in [0.05, 0.1) is 12.1 Å². The van der Waals surface area contributed by atoms with Crippen LogP contribution < -0.4 is 5.73 Å². The maximum Gasteiger partial charge on any atom is 0.234 e. The predicted molar refractivity (Wildman–Crippen MR) is 54.9 cm³/mol. The van der Waals surface area contributed by atoms with E-state index in [0.717, 1.165) is 19.4 Å². The van der Waals surface area contributed by atoms with Crippen LogP contribution in [0.5, 0.6) is 0 Å². The zero-order valence-electron chi connectivity index (χ0n) is 9.19. The Labute approximate surface area is 85.4 Å². The van der Waals surface area contributed by atoms with Crippen LogP contribution in [0, 0.1) is 0 Å². The van der Waals surface area contributed by atoms with Crippen molar-refractivity contribution in [1.29, 1.82) is 0 Å². The van der Waals surface area contributed by atoms with Crippen LogP contribution in [0.1, 0.15) is 26.7 Å². The summed E-state index contributed by atoms with van der Waals surface area (Å²) in [6.07, 6.45) is 2.30. The molecule has 0 saturated carbocycles. The molecule has 0 aromatic heterocycles. The van der Waals surface area contributed by atoms with Crippen LogP contribution in [0.4, 0.5) is 0 Å². The number of ether oxygens (including phenoxy) is 1. The molecule has 3 atom stereocenters. The van der Waals surface area contributed by atoms with Crippen molar-refractivity contribution in [3.05, 3.63) is 0 Å². The number of hydrogen-bond acceptors (Lipinski definition) is 3. The highest BCUT2D eigenvalue weighted by Crippen LogP contribution is 2.21. The summed E-state index contributed by atoms with van der Waals surface area (Å²) in [5.41, 5.74) is 5.28. The average molecular weight is 200 g/mol. The fraction of sp³-hybridized carbons (Fsp3) is 0.900. The molecule has 1 aliphatic rings. The van der Waals surface area contributed by atoms with Crippen LogP contribution in [0.2, 0.25) is 0 Å². The molecule has 2 N–H and O–H groups in total. The van der Waals surface area contributed by atoms with E-state index in [9.17, 15) is 4.79 Å². The molecule has 4 heteroatoms. The number of likely N-dealkylation sites (tertiary alicyclic amines) is 1. The number of rotatable bonds is 3. The van der Waals surface area contributed by atoms with Gasteiger partial charge in [-0.05, 0) is 26.7 Å². The molecular weight excluding hydrogens is 180 g/mol. The molecule has 1 fully saturated rings. The van der Waals surface area contributed by atoms with E-state index in [-0.39, 0.29) is 11.9 Å². The molecule has 0 bridgehead atoms. The van der Waals surface area contributed by atoms with E-state index in [1.54, 1.807) is 7.11 Å². The Morgan fingerprint density at radius 2 is 2.29 bits per heavy atom. The Morgan fingerprint density at radius 1 is 1.64 bits per heavy atom. The van der Waals surface area contributed by atoms with Crippen molar-refractivity contribution in [3.8, 4) is 0 Å². The molecule has 1 saturated heterocycles. The summed E-state index contributed by atoms with van der Waals surface area (Å²) in [5, 5.41) is 0. The first-order valence-electron chi connectivity index (χ1n) is 5.14. The second kappa shape index (κ2) is 4.75. The molecule has 4 nitrogen and oxygen atoms in total. The standard InChI is InChI=1S/C10H20N2O2/c1-7-6-9(14-3)4-5-12(7)8(2)10(11)13/h7-9H,4-6H2,1-3H3,(H2,11,13). The van der Waals surface area contributed by atoms with Gasteiger partial charge in [-0.3, -0.25) is 9.69 Å². The molecule has 0 radical (unpaired) electrons. The van der Waals surface area contributed by atoms with Crippen molar-refractivity contribution in [3.63, 3.8) is 0 Å². The lowest BCUT2D eigenvalue weighted by molar-refractivity contribution is -0.125. The molecular formula is C10H20N2O2. The van der Waals surface area contributed by atoms with Crippen LogP contribution in [-0.2, 0) is 9.53 Å². The molecule has 0 spiro atoms. The highest BCUT2D eigenvalue weighted by molar-refractivity contribution is 5.79. The second-order valence-electron chi connectivity index (χ2n) is 4.05. The fourth-order valence-electron chi connectivity index (χ4n) is 2.10. The summed E-state index contributed by atoms with van der Waals surface area (Å²) < 4.78 is 5.31. The van der Waals surface area contributed by atoms with E-state index < -0.39 is 0 Å². The van der Waals surface area contributed by atoms with Gasteiger partial charge in [0, 0.05) is 19.7 Å². The van der Waals surface area contributed by atoms with Crippen molar-refractivity contribution in [2.75, 3.05) is 13.7 Å². The van der Waals surface area contributed by atoms with Crippen LogP contribution in [0.25, 0.3) is 0 Å². The van der Waals surface area contributed by atoms with Gasteiger partial charge in [0.15, 0.2) is 0 Å². The van der Waals surface area contributed by atoms with Gasteiger partial charge in [-0.25, -0.2) is 0 Å². The number of methoxy groups -OCH3 is 1. The summed E-state index contributed by atoms with van der Waals surface area (Å²) in [6, 6.07) is 0.207. The van der Waals surface area contributed by atoms with Crippen molar-refractivity contribution in [2.45, 2.75) is 44.9 Å². The highest BCUT2D eigenvalue weighted by Gasteiger charge is 2.30. The second-order valence-corrected chi connectivity index (χ2v) is 4.05. The van der Waals surface area contributed by atoms with E-state index in [1.165, 1.54) is 0 Å². The van der Waals surface area contributed by atoms with Gasteiger partial charge in [0.2, 0.25) is 5.91 Å². The molecule has 82 valence electrons. The van der Waals surface area contributed by atoms with Gasteiger partial charge in [-0.1, -0.05) is 0 Å². The topological polar surface area (TPSA) is 55.6 Å². The quantitative estimate of drug-likeness (QED) is 0.715. The number of piperidine rings is 1. The smallest absolute Gasteiger partial charge is 0.234 e. The lowest BCUT2D eigenvalue weighted by Gasteiger charge is -2.39. The lowest BCUT2D eigenvalue weighted by Crippen LogP contribution is -2.52. The molecule has 1 rings (SSSR count). The number of carbonyl (C=O) groups is 1. The largest absolute Gasteiger partial charge is 0.381 e. The molecule has 1 heterocycles. The minimum absolute atomic E-state index is 0.164. The Hall–Kier alpha value is -0.610. The molecule has 0 aromatic rings. The Bertz CT molecular complexity index is 208. The minimum Gasteiger partial charge on any atom is -0.381 e. The minimum atomic E-state index is -0.243. The highest BCUT2D eigenvalue weighted by atomic mass is 16.5. The number of carbonyl (C=O) groups excluding carboxylic acids is 1. The van der Waals surface area contributed by atoms with Crippen LogP contribution in [0.15, 0.2) is 0 Å². The molecule has 1 amide bonds. The van der Waals surface area contributed by atoms with E-state index in [2.05, 4.69) is 11.8 Å². The van der Waals surface area contributed by atoms with Crippen molar-refractivity contribution in [2.24, 2.45) is 5.73 Å². The van der Waals surface area contributed by atoms with Gasteiger partial charge in [-0.2, -0.15) is 0 Å². The van der Waals surface area contributed by atoms with Crippen LogP contribution in [-0.4, -0.2) is 42.6 Å². The van der Waals surface area contributed by atoms with E-state index >= 15 is 0 Å². The summed E-state index contributed by atoms with van der Waals surface area (Å²) in [6.45, 7) is 4.88. The molecule has 0 aromatic carbocycles. The van der Waals surface area contributed by atoms with Crippen LogP contribution in [0.3, 0.4) is 0 Å². The number of primary amides is 1. The van der Waals surface area contributed by atoms with Crippen molar-refractivity contribution < 1.29 is 9.53 Å². The zero-order valence-corrected chi connectivity index (χ0v) is 9.19. The molecule has 0 aliphatic carbocycles. The maximum atomic E-state index is 11.0. The molecule has 14 heavy (non-hydrogen) atoms. The fourth-order valence-corrected chi connectivity index (χ4v) is 2.10. The third-order valence-electron chi connectivity index (χ3n) is 3.12. The first-order chi connectivity index (χ1) is 6.56. The summed E-state index contributed by atoms with van der Waals surface area (Å²) >= 11 is 0. The van der Waals surface area contributed by atoms with E-state index in [1.807, 2.05) is 6.92 Å². The molecule has 1 aliphatic heterocycles. The first-order valence-corrected chi connectivity index (χ1v) is 5.14. The monoisotopic (exact) mass is 200 g/mol. The summed E-state index contributed by atoms with van der Waals surface area (Å²) in [5.74, 6) is -0.243. The summed E-state index contributed by atoms with van der Waals surface area (Å²) in [7, 11) is 1.74. The van der Waals surface area contributed by atoms with Gasteiger partial charge in [-0.15, -0.1) is 0 Å². The Kier molecular flexibility index (Phi) is 3.89. The third-order valence-corrected chi connectivity index (χ3v) is 3.12. The van der Waals surface area contributed by atoms with Gasteiger partial charge in [0.1, 0.15) is 0 Å². The Balaban J connectivity index is 2.53. The normalized spacial score (nSPS) is 31.4. The van der Waals surface area contributed by atoms with E-state index in [4.69, 9.17) is 10.5 Å². The van der Waals surface area contributed by atoms with Gasteiger partial charge in [0.25, 0.3) is 0 Å². The number of nitrogens with zero attached hydrogens (tertiary/aromatic N) is 1. The third kappa shape index (κ3) is 2.45. The zero-order chi connectivity index (χ0) is 10.7. The molecule has 3 unspecified atom stereocenters.